The van der Waals surface area contributed by atoms with Crippen LogP contribution in [0.2, 0.25) is 0 Å². The van der Waals surface area contributed by atoms with Gasteiger partial charge in [-0.05, 0) is 75.7 Å². The number of rotatable bonds is 5. The van der Waals surface area contributed by atoms with E-state index in [0.29, 0.717) is 12.0 Å². The molecule has 142 valence electrons. The van der Waals surface area contributed by atoms with Crippen molar-refractivity contribution >= 4 is 27.7 Å². The third kappa shape index (κ3) is 3.17. The summed E-state index contributed by atoms with van der Waals surface area (Å²) in [7, 11) is 1.94. The van der Waals surface area contributed by atoms with Crippen molar-refractivity contribution in [2.75, 3.05) is 6.61 Å². The molecule has 4 atom stereocenters. The van der Waals surface area contributed by atoms with Gasteiger partial charge in [-0.15, -0.1) is 0 Å². The highest BCUT2D eigenvalue weighted by molar-refractivity contribution is 9.10. The fourth-order valence-corrected chi connectivity index (χ4v) is 7.77. The lowest BCUT2D eigenvalue weighted by Crippen LogP contribution is -2.53. The molecule has 4 bridgehead atoms. The molecule has 2 unspecified atom stereocenters. The van der Waals surface area contributed by atoms with E-state index in [-0.39, 0.29) is 28.1 Å². The zero-order valence-electron chi connectivity index (χ0n) is 15.9. The molecular weight excluding hydrogens is 394 g/mol. The van der Waals surface area contributed by atoms with Crippen LogP contribution in [0.15, 0.2) is 6.07 Å². The van der Waals surface area contributed by atoms with Gasteiger partial charge >= 0.3 is 5.97 Å². The maximum Gasteiger partial charge on any atom is 0.306 e. The molecule has 0 saturated heterocycles. The standard InChI is InChI=1S/C21H28BrNO3/c1-13-4-17(14(2)23(13)3)18(24)11-26-19(25)10-20-6-15-5-16(7-20)9-21(22,8-15)12-20/h4,15-16H,5-12H2,1-3H3/t15-,16+,20?,21?. The van der Waals surface area contributed by atoms with Crippen LogP contribution < -0.4 is 0 Å². The second kappa shape index (κ2) is 6.22. The monoisotopic (exact) mass is 421 g/mol. The minimum atomic E-state index is -0.207. The average molecular weight is 422 g/mol. The average Bonchev–Trinajstić information content (AvgIpc) is 2.77. The molecule has 0 aromatic carbocycles. The fourth-order valence-electron chi connectivity index (χ4n) is 6.26. The van der Waals surface area contributed by atoms with E-state index in [1.165, 1.54) is 19.3 Å². The molecule has 1 heterocycles. The number of alkyl halides is 1. The summed E-state index contributed by atoms with van der Waals surface area (Å²) in [6.45, 7) is 3.75. The molecule has 1 aromatic rings. The number of carbonyl (C=O) groups is 2. The number of hydrogen-bond acceptors (Lipinski definition) is 3. The van der Waals surface area contributed by atoms with Gasteiger partial charge in [-0.3, -0.25) is 9.59 Å². The van der Waals surface area contributed by atoms with Crippen LogP contribution in [0, 0.1) is 31.1 Å². The Morgan fingerprint density at radius 1 is 1.23 bits per heavy atom. The van der Waals surface area contributed by atoms with Gasteiger partial charge in [0.05, 0.1) is 6.42 Å². The van der Waals surface area contributed by atoms with E-state index in [1.54, 1.807) is 0 Å². The minimum absolute atomic E-state index is 0.0902. The Labute approximate surface area is 163 Å². The molecule has 5 rings (SSSR count). The fraction of sp³-hybridized carbons (Fsp3) is 0.714. The lowest BCUT2D eigenvalue weighted by atomic mass is 9.49. The van der Waals surface area contributed by atoms with Gasteiger partial charge in [-0.2, -0.15) is 0 Å². The van der Waals surface area contributed by atoms with E-state index in [1.807, 2.05) is 31.5 Å². The number of Topliss-reactive ketones (excluding diaryl/α,β-unsaturated/α-hetero) is 1. The van der Waals surface area contributed by atoms with Crippen molar-refractivity contribution in [3.63, 3.8) is 0 Å². The SMILES string of the molecule is Cc1cc(C(=O)COC(=O)CC23C[C@@H]4C[C@@H](CC(Br)(C4)C2)C3)c(C)n1C. The van der Waals surface area contributed by atoms with E-state index in [9.17, 15) is 9.59 Å². The van der Waals surface area contributed by atoms with Crippen LogP contribution in [-0.2, 0) is 16.6 Å². The summed E-state index contributed by atoms with van der Waals surface area (Å²) in [5.41, 5.74) is 2.71. The molecule has 0 radical (unpaired) electrons. The molecule has 4 nitrogen and oxygen atoms in total. The van der Waals surface area contributed by atoms with Crippen LogP contribution in [0.1, 0.15) is 66.7 Å². The highest BCUT2D eigenvalue weighted by Gasteiger charge is 2.57. The van der Waals surface area contributed by atoms with Gasteiger partial charge in [0.2, 0.25) is 5.78 Å². The second-order valence-corrected chi connectivity index (χ2v) is 10.9. The number of aryl methyl sites for hydroxylation is 1. The molecular formula is C21H28BrNO3. The summed E-state index contributed by atoms with van der Waals surface area (Å²) in [5.74, 6) is 1.18. The van der Waals surface area contributed by atoms with Crippen LogP contribution in [0.25, 0.3) is 0 Å². The minimum Gasteiger partial charge on any atom is -0.457 e. The summed E-state index contributed by atoms with van der Waals surface area (Å²) in [6, 6.07) is 1.87. The van der Waals surface area contributed by atoms with Gasteiger partial charge < -0.3 is 9.30 Å². The molecule has 4 fully saturated rings. The zero-order chi connectivity index (χ0) is 18.7. The van der Waals surface area contributed by atoms with Crippen molar-refractivity contribution in [1.29, 1.82) is 0 Å². The first-order chi connectivity index (χ1) is 12.2. The maximum atomic E-state index is 12.5. The molecule has 4 aliphatic carbocycles. The molecule has 4 aliphatic rings. The molecule has 0 spiro atoms. The number of carbonyl (C=O) groups excluding carboxylic acids is 2. The summed E-state index contributed by atoms with van der Waals surface area (Å²) in [6.07, 6.45) is 7.68. The summed E-state index contributed by atoms with van der Waals surface area (Å²) in [5, 5.41) is 0. The van der Waals surface area contributed by atoms with E-state index < -0.39 is 0 Å². The van der Waals surface area contributed by atoms with Crippen LogP contribution >= 0.6 is 15.9 Å². The molecule has 26 heavy (non-hydrogen) atoms. The van der Waals surface area contributed by atoms with Gasteiger partial charge in [0.1, 0.15) is 0 Å². The molecule has 5 heteroatoms. The molecule has 4 saturated carbocycles. The van der Waals surface area contributed by atoms with Crippen molar-refractivity contribution in [1.82, 2.24) is 4.57 Å². The third-order valence-electron chi connectivity index (χ3n) is 7.07. The number of ketones is 1. The Kier molecular flexibility index (Phi) is 4.37. The van der Waals surface area contributed by atoms with E-state index in [0.717, 1.165) is 42.5 Å². The van der Waals surface area contributed by atoms with Crippen molar-refractivity contribution in [2.45, 2.75) is 63.1 Å². The summed E-state index contributed by atoms with van der Waals surface area (Å²) >= 11 is 3.98. The number of aromatic nitrogens is 1. The van der Waals surface area contributed by atoms with Crippen LogP contribution in [-0.4, -0.2) is 27.3 Å². The van der Waals surface area contributed by atoms with Crippen LogP contribution in [0.5, 0.6) is 0 Å². The maximum absolute atomic E-state index is 12.5. The summed E-state index contributed by atoms with van der Waals surface area (Å²) in [4.78, 5) is 25.0. The third-order valence-corrected chi connectivity index (χ3v) is 8.00. The van der Waals surface area contributed by atoms with Gasteiger partial charge in [-0.1, -0.05) is 15.9 Å². The predicted molar refractivity (Wildman–Crippen MR) is 104 cm³/mol. The lowest BCUT2D eigenvalue weighted by molar-refractivity contribution is -0.149. The Morgan fingerprint density at radius 3 is 2.42 bits per heavy atom. The smallest absolute Gasteiger partial charge is 0.306 e. The Morgan fingerprint density at radius 2 is 1.88 bits per heavy atom. The zero-order valence-corrected chi connectivity index (χ0v) is 17.5. The van der Waals surface area contributed by atoms with Gasteiger partial charge in [0.15, 0.2) is 6.61 Å². The van der Waals surface area contributed by atoms with Gasteiger partial charge in [0.25, 0.3) is 0 Å². The second-order valence-electron chi connectivity index (χ2n) is 9.22. The largest absolute Gasteiger partial charge is 0.457 e. The highest BCUT2D eigenvalue weighted by Crippen LogP contribution is 2.65. The van der Waals surface area contributed by atoms with Crippen LogP contribution in [0.3, 0.4) is 0 Å². The molecule has 0 amide bonds. The van der Waals surface area contributed by atoms with Gasteiger partial charge in [-0.25, -0.2) is 0 Å². The molecule has 0 aliphatic heterocycles. The first kappa shape index (κ1) is 18.3. The predicted octanol–water partition coefficient (Wildman–Crippen LogP) is 4.49. The Bertz CT molecular complexity index is 752. The first-order valence-corrected chi connectivity index (χ1v) is 10.5. The van der Waals surface area contributed by atoms with Crippen LogP contribution in [0.4, 0.5) is 0 Å². The number of esters is 1. The van der Waals surface area contributed by atoms with Crippen molar-refractivity contribution in [3.8, 4) is 0 Å². The normalized spacial score (nSPS) is 34.9. The summed E-state index contributed by atoms with van der Waals surface area (Å²) < 4.78 is 7.65. The van der Waals surface area contributed by atoms with Crippen molar-refractivity contribution in [3.05, 3.63) is 23.0 Å². The molecule has 0 N–H and O–H groups in total. The topological polar surface area (TPSA) is 48.3 Å². The molecule has 1 aromatic heterocycles. The number of hydrogen-bond donors (Lipinski definition) is 0. The van der Waals surface area contributed by atoms with E-state index >= 15 is 0 Å². The lowest BCUT2D eigenvalue weighted by Gasteiger charge is -2.60. The van der Waals surface area contributed by atoms with E-state index in [2.05, 4.69) is 15.9 Å². The number of nitrogens with zero attached hydrogens (tertiary/aromatic N) is 1. The Hall–Kier alpha value is -1.10. The first-order valence-electron chi connectivity index (χ1n) is 9.69. The van der Waals surface area contributed by atoms with E-state index in [4.69, 9.17) is 4.74 Å². The quantitative estimate of drug-likeness (QED) is 0.399. The highest BCUT2D eigenvalue weighted by atomic mass is 79.9. The van der Waals surface area contributed by atoms with Gasteiger partial charge in [0, 0.05) is 28.3 Å². The Balaban J connectivity index is 1.37. The van der Waals surface area contributed by atoms with Crippen molar-refractivity contribution in [2.24, 2.45) is 24.3 Å². The number of halogens is 1. The van der Waals surface area contributed by atoms with Crippen molar-refractivity contribution < 1.29 is 14.3 Å². The number of ether oxygens (including phenoxy) is 1.